The molecule has 0 heterocycles. The van der Waals surface area contributed by atoms with Crippen LogP contribution in [-0.4, -0.2) is 11.7 Å². The van der Waals surface area contributed by atoms with Crippen molar-refractivity contribution in [3.05, 3.63) is 47.3 Å². The van der Waals surface area contributed by atoms with Crippen LogP contribution < -0.4 is 0 Å². The van der Waals surface area contributed by atoms with Crippen molar-refractivity contribution in [1.82, 2.24) is 0 Å². The Bertz CT molecular complexity index is 563. The zero-order chi connectivity index (χ0) is 17.6. The van der Waals surface area contributed by atoms with Crippen LogP contribution in [0.15, 0.2) is 30.4 Å². The van der Waals surface area contributed by atoms with Gasteiger partial charge in [-0.15, -0.1) is 0 Å². The van der Waals surface area contributed by atoms with E-state index in [1.165, 1.54) is 51.4 Å². The molecule has 25 heavy (non-hydrogen) atoms. The van der Waals surface area contributed by atoms with Crippen LogP contribution in [0.1, 0.15) is 75.3 Å². The molecule has 138 valence electrons. The van der Waals surface area contributed by atoms with E-state index in [1.54, 1.807) is 6.07 Å². The van der Waals surface area contributed by atoms with E-state index < -0.39 is 0 Å². The summed E-state index contributed by atoms with van der Waals surface area (Å²) in [5, 5.41) is 8.99. The van der Waals surface area contributed by atoms with Gasteiger partial charge >= 0.3 is 0 Å². The molecule has 0 radical (unpaired) electrons. The molecule has 2 aliphatic rings. The fraction of sp³-hybridized carbons (Fsp3) is 0.652. The molecule has 0 bridgehead atoms. The number of hydrogen-bond acceptors (Lipinski definition) is 1. The molecule has 0 saturated heterocycles. The number of allylic oxidation sites excluding steroid dienone is 2. The van der Waals surface area contributed by atoms with Crippen molar-refractivity contribution in [2.75, 3.05) is 6.61 Å². The second-order valence-electron chi connectivity index (χ2n) is 8.14. The molecule has 2 fully saturated rings. The molecule has 1 aromatic rings. The van der Waals surface area contributed by atoms with Crippen molar-refractivity contribution in [3.8, 4) is 0 Å². The summed E-state index contributed by atoms with van der Waals surface area (Å²) in [6, 6.07) is 5.68. The Labute approximate surface area is 152 Å². The molecule has 2 saturated carbocycles. The minimum Gasteiger partial charge on any atom is -0.396 e. The van der Waals surface area contributed by atoms with Gasteiger partial charge in [0.25, 0.3) is 0 Å². The average Bonchev–Trinajstić information content (AvgIpc) is 2.65. The highest BCUT2D eigenvalue weighted by molar-refractivity contribution is 5.27. The van der Waals surface area contributed by atoms with Gasteiger partial charge in [-0.3, -0.25) is 0 Å². The third kappa shape index (κ3) is 4.73. The first kappa shape index (κ1) is 18.6. The summed E-state index contributed by atoms with van der Waals surface area (Å²) < 4.78 is 14.1. The van der Waals surface area contributed by atoms with Crippen molar-refractivity contribution < 1.29 is 9.50 Å². The van der Waals surface area contributed by atoms with E-state index in [9.17, 15) is 4.39 Å². The van der Waals surface area contributed by atoms with Crippen LogP contribution in [0.4, 0.5) is 4.39 Å². The number of benzene rings is 1. The molecule has 0 aromatic heterocycles. The summed E-state index contributed by atoms with van der Waals surface area (Å²) >= 11 is 0. The highest BCUT2D eigenvalue weighted by Gasteiger charge is 2.30. The highest BCUT2D eigenvalue weighted by Crippen LogP contribution is 2.44. The van der Waals surface area contributed by atoms with Gasteiger partial charge in [0.15, 0.2) is 0 Å². The smallest absolute Gasteiger partial charge is 0.126 e. The molecule has 3 rings (SSSR count). The Morgan fingerprint density at radius 3 is 2.20 bits per heavy atom. The second kappa shape index (κ2) is 8.98. The van der Waals surface area contributed by atoms with E-state index in [4.69, 9.17) is 5.11 Å². The minimum atomic E-state index is -0.143. The van der Waals surface area contributed by atoms with Crippen molar-refractivity contribution in [2.45, 2.75) is 70.6 Å². The summed E-state index contributed by atoms with van der Waals surface area (Å²) in [7, 11) is 0. The van der Waals surface area contributed by atoms with Gasteiger partial charge in [0.05, 0.1) is 0 Å². The van der Waals surface area contributed by atoms with Crippen LogP contribution in [0.25, 0.3) is 0 Å². The van der Waals surface area contributed by atoms with Crippen LogP contribution in [0.3, 0.4) is 0 Å². The molecule has 0 spiro atoms. The van der Waals surface area contributed by atoms with E-state index in [0.29, 0.717) is 17.9 Å². The lowest BCUT2D eigenvalue weighted by Crippen LogP contribution is -2.25. The molecule has 1 aromatic carbocycles. The molecule has 0 unspecified atom stereocenters. The van der Waals surface area contributed by atoms with Crippen LogP contribution >= 0.6 is 0 Å². The number of aliphatic hydroxyl groups is 1. The van der Waals surface area contributed by atoms with Gasteiger partial charge in [-0.2, -0.15) is 0 Å². The average molecular weight is 345 g/mol. The Hall–Kier alpha value is -1.15. The van der Waals surface area contributed by atoms with Crippen molar-refractivity contribution in [2.24, 2.45) is 17.8 Å². The zero-order valence-corrected chi connectivity index (χ0v) is 15.6. The summed E-state index contributed by atoms with van der Waals surface area (Å²) in [6.07, 6.45) is 15.6. The Morgan fingerprint density at radius 1 is 1.00 bits per heavy atom. The lowest BCUT2D eigenvalue weighted by molar-refractivity contribution is 0.171. The van der Waals surface area contributed by atoms with E-state index in [1.807, 2.05) is 6.07 Å². The monoisotopic (exact) mass is 344 g/mol. The van der Waals surface area contributed by atoms with Crippen LogP contribution in [0.5, 0.6) is 0 Å². The maximum atomic E-state index is 14.1. The largest absolute Gasteiger partial charge is 0.396 e. The SMILES string of the molecule is C/C=C/C1CCC(C2CCC(c3ccc(CCO)c(F)c3)CC2)CC1. The zero-order valence-electron chi connectivity index (χ0n) is 15.6. The van der Waals surface area contributed by atoms with E-state index in [-0.39, 0.29) is 12.4 Å². The molecule has 1 nitrogen and oxygen atoms in total. The third-order valence-corrected chi connectivity index (χ3v) is 6.65. The van der Waals surface area contributed by atoms with E-state index in [0.717, 1.165) is 23.3 Å². The van der Waals surface area contributed by atoms with Crippen LogP contribution in [0.2, 0.25) is 0 Å². The highest BCUT2D eigenvalue weighted by atomic mass is 19.1. The summed E-state index contributed by atoms with van der Waals surface area (Å²) in [5.41, 5.74) is 1.80. The summed E-state index contributed by atoms with van der Waals surface area (Å²) in [6.45, 7) is 2.14. The predicted octanol–water partition coefficient (Wildman–Crippen LogP) is 6.02. The molecule has 0 atom stereocenters. The second-order valence-corrected chi connectivity index (χ2v) is 8.14. The quantitative estimate of drug-likeness (QED) is 0.648. The topological polar surface area (TPSA) is 20.2 Å². The molecule has 0 aliphatic heterocycles. The fourth-order valence-corrected chi connectivity index (χ4v) is 5.15. The maximum Gasteiger partial charge on any atom is 0.126 e. The number of aliphatic hydroxyl groups excluding tert-OH is 1. The summed E-state index contributed by atoms with van der Waals surface area (Å²) in [5.74, 6) is 3.01. The van der Waals surface area contributed by atoms with Gasteiger partial charge in [-0.1, -0.05) is 24.3 Å². The molecule has 2 heteroatoms. The third-order valence-electron chi connectivity index (χ3n) is 6.65. The molecule has 0 amide bonds. The minimum absolute atomic E-state index is 0.0116. The van der Waals surface area contributed by atoms with Crippen molar-refractivity contribution in [1.29, 1.82) is 0 Å². The van der Waals surface area contributed by atoms with E-state index >= 15 is 0 Å². The van der Waals surface area contributed by atoms with Gasteiger partial charge in [0, 0.05) is 6.61 Å². The first-order chi connectivity index (χ1) is 12.2. The number of hydrogen-bond donors (Lipinski definition) is 1. The lowest BCUT2D eigenvalue weighted by Gasteiger charge is -2.37. The molecule has 1 N–H and O–H groups in total. The first-order valence-corrected chi connectivity index (χ1v) is 10.2. The number of rotatable bonds is 5. The molecular formula is C23H33FO. The lowest BCUT2D eigenvalue weighted by atomic mass is 9.68. The Balaban J connectivity index is 1.51. The van der Waals surface area contributed by atoms with Crippen LogP contribution in [-0.2, 0) is 6.42 Å². The van der Waals surface area contributed by atoms with Gasteiger partial charge < -0.3 is 5.11 Å². The summed E-state index contributed by atoms with van der Waals surface area (Å²) in [4.78, 5) is 0. The van der Waals surface area contributed by atoms with Gasteiger partial charge in [-0.25, -0.2) is 4.39 Å². The molecular weight excluding hydrogens is 311 g/mol. The van der Waals surface area contributed by atoms with E-state index in [2.05, 4.69) is 25.1 Å². The van der Waals surface area contributed by atoms with Crippen molar-refractivity contribution in [3.63, 3.8) is 0 Å². The standard InChI is InChI=1S/C23H33FO/c1-2-3-17-4-6-18(7-5-17)19-8-10-20(11-9-19)22-13-12-21(14-15-25)23(24)16-22/h2-3,12-13,16-20,25H,4-11,14-15H2,1H3/b3-2+. The number of halogens is 1. The van der Waals surface area contributed by atoms with Gasteiger partial charge in [-0.05, 0) is 106 Å². The normalized spacial score (nSPS) is 30.7. The van der Waals surface area contributed by atoms with Crippen LogP contribution in [0, 0.1) is 23.6 Å². The Kier molecular flexibility index (Phi) is 6.70. The first-order valence-electron chi connectivity index (χ1n) is 10.2. The predicted molar refractivity (Wildman–Crippen MR) is 102 cm³/mol. The van der Waals surface area contributed by atoms with Gasteiger partial charge in [0.1, 0.15) is 5.82 Å². The fourth-order valence-electron chi connectivity index (χ4n) is 5.15. The van der Waals surface area contributed by atoms with Crippen molar-refractivity contribution >= 4 is 0 Å². The van der Waals surface area contributed by atoms with Gasteiger partial charge in [0.2, 0.25) is 0 Å². The maximum absolute atomic E-state index is 14.1. The molecule has 2 aliphatic carbocycles. The Morgan fingerprint density at radius 2 is 1.64 bits per heavy atom.